The zero-order chi connectivity index (χ0) is 17.8. The first-order chi connectivity index (χ1) is 12.1. The van der Waals surface area contributed by atoms with Gasteiger partial charge in [-0.3, -0.25) is 14.7 Å². The van der Waals surface area contributed by atoms with Crippen molar-refractivity contribution in [2.75, 3.05) is 13.7 Å². The van der Waals surface area contributed by atoms with Gasteiger partial charge in [-0.25, -0.2) is 4.99 Å². The Kier molecular flexibility index (Phi) is 5.40. The van der Waals surface area contributed by atoms with Gasteiger partial charge in [0.05, 0.1) is 22.7 Å². The number of benzene rings is 1. The van der Waals surface area contributed by atoms with Crippen molar-refractivity contribution in [3.63, 3.8) is 0 Å². The number of carbonyl (C=O) groups is 1. The van der Waals surface area contributed by atoms with Gasteiger partial charge < -0.3 is 4.74 Å². The molecule has 1 aliphatic heterocycles. The Bertz CT molecular complexity index is 850. The molecule has 1 aliphatic rings. The van der Waals surface area contributed by atoms with Gasteiger partial charge in [0, 0.05) is 18.9 Å². The smallest absolute Gasteiger partial charge is 0.266 e. The molecule has 0 radical (unpaired) electrons. The third-order valence-electron chi connectivity index (χ3n) is 3.59. The zero-order valence-electron chi connectivity index (χ0n) is 13.8. The van der Waals surface area contributed by atoms with Crippen molar-refractivity contribution in [1.82, 2.24) is 9.88 Å². The molecular weight excluding hydrogens is 358 g/mol. The van der Waals surface area contributed by atoms with E-state index in [1.165, 1.54) is 18.0 Å². The van der Waals surface area contributed by atoms with Crippen LogP contribution in [0.3, 0.4) is 0 Å². The Morgan fingerprint density at radius 1 is 1.32 bits per heavy atom. The molecule has 1 aromatic carbocycles. The average molecular weight is 374 g/mol. The normalized spacial score (nSPS) is 17.6. The summed E-state index contributed by atoms with van der Waals surface area (Å²) in [7, 11) is 1.62. The van der Waals surface area contributed by atoms with Crippen molar-refractivity contribution >= 4 is 46.2 Å². The zero-order valence-corrected chi connectivity index (χ0v) is 15.3. The van der Waals surface area contributed by atoms with E-state index in [2.05, 4.69) is 9.98 Å². The quantitative estimate of drug-likeness (QED) is 0.747. The van der Waals surface area contributed by atoms with Crippen molar-refractivity contribution in [2.24, 2.45) is 4.99 Å². The molecule has 2 heterocycles. The summed E-state index contributed by atoms with van der Waals surface area (Å²) >= 11 is 7.45. The van der Waals surface area contributed by atoms with Crippen molar-refractivity contribution in [3.05, 3.63) is 58.2 Å². The van der Waals surface area contributed by atoms with Crippen LogP contribution >= 0.6 is 23.4 Å². The number of nitrogens with zero attached hydrogens (tertiary/aromatic N) is 3. The molecule has 0 aliphatic carbocycles. The maximum atomic E-state index is 12.6. The second-order valence-corrected chi connectivity index (χ2v) is 6.57. The van der Waals surface area contributed by atoms with Crippen LogP contribution in [0.2, 0.25) is 5.02 Å². The summed E-state index contributed by atoms with van der Waals surface area (Å²) in [4.78, 5) is 23.4. The van der Waals surface area contributed by atoms with Gasteiger partial charge in [-0.15, -0.1) is 0 Å². The summed E-state index contributed by atoms with van der Waals surface area (Å²) < 4.78 is 5.15. The van der Waals surface area contributed by atoms with Crippen LogP contribution in [-0.4, -0.2) is 34.6 Å². The van der Waals surface area contributed by atoms with E-state index in [1.54, 1.807) is 24.3 Å². The van der Waals surface area contributed by atoms with E-state index in [0.717, 1.165) is 11.3 Å². The standard InChI is InChI=1S/C18H16ClN3O2S/c1-3-22-17(23)16(10-12-4-6-13(24-2)7-5-12)25-18(22)21-15-8-9-20-11-14(15)19/h4-11H,3H2,1-2H3/b16-10-,21-18?. The van der Waals surface area contributed by atoms with E-state index in [9.17, 15) is 4.79 Å². The fourth-order valence-electron chi connectivity index (χ4n) is 2.28. The maximum Gasteiger partial charge on any atom is 0.266 e. The molecule has 1 fully saturated rings. The molecule has 0 atom stereocenters. The molecule has 1 amide bonds. The third kappa shape index (κ3) is 3.86. The molecule has 0 spiro atoms. The number of rotatable bonds is 4. The van der Waals surface area contributed by atoms with Gasteiger partial charge in [0.1, 0.15) is 5.75 Å². The highest BCUT2D eigenvalue weighted by molar-refractivity contribution is 8.18. The first kappa shape index (κ1) is 17.5. The largest absolute Gasteiger partial charge is 0.497 e. The molecule has 1 saturated heterocycles. The number of aliphatic imine (C=N–C) groups is 1. The number of thioether (sulfide) groups is 1. The molecule has 0 bridgehead atoms. The number of amidine groups is 1. The van der Waals surface area contributed by atoms with Crippen molar-refractivity contribution in [3.8, 4) is 5.75 Å². The van der Waals surface area contributed by atoms with Crippen LogP contribution < -0.4 is 4.74 Å². The fourth-order valence-corrected chi connectivity index (χ4v) is 3.50. The second kappa shape index (κ2) is 7.72. The van der Waals surface area contributed by atoms with Crippen LogP contribution in [0.25, 0.3) is 6.08 Å². The summed E-state index contributed by atoms with van der Waals surface area (Å²) in [5, 5.41) is 1.06. The number of likely N-dealkylation sites (N-methyl/N-ethyl adjacent to an activating group) is 1. The lowest BCUT2D eigenvalue weighted by Gasteiger charge is -2.12. The van der Waals surface area contributed by atoms with Gasteiger partial charge in [0.25, 0.3) is 5.91 Å². The molecule has 3 rings (SSSR count). The first-order valence-electron chi connectivity index (χ1n) is 7.66. The summed E-state index contributed by atoms with van der Waals surface area (Å²) in [6, 6.07) is 9.26. The third-order valence-corrected chi connectivity index (χ3v) is 4.88. The van der Waals surface area contributed by atoms with E-state index in [4.69, 9.17) is 16.3 Å². The van der Waals surface area contributed by atoms with Crippen LogP contribution in [0.5, 0.6) is 5.75 Å². The lowest BCUT2D eigenvalue weighted by Crippen LogP contribution is -2.28. The monoisotopic (exact) mass is 373 g/mol. The summed E-state index contributed by atoms with van der Waals surface area (Å²) in [5.41, 5.74) is 1.52. The van der Waals surface area contributed by atoms with E-state index in [0.29, 0.717) is 27.3 Å². The minimum atomic E-state index is -0.0627. The van der Waals surface area contributed by atoms with Crippen LogP contribution in [0, 0.1) is 0 Å². The minimum absolute atomic E-state index is 0.0627. The highest BCUT2D eigenvalue weighted by atomic mass is 35.5. The number of pyridine rings is 1. The molecule has 2 aromatic rings. The van der Waals surface area contributed by atoms with E-state index in [1.807, 2.05) is 37.3 Å². The predicted octanol–water partition coefficient (Wildman–Crippen LogP) is 4.37. The van der Waals surface area contributed by atoms with Crippen LogP contribution in [0.4, 0.5) is 5.69 Å². The lowest BCUT2D eigenvalue weighted by atomic mass is 10.2. The lowest BCUT2D eigenvalue weighted by molar-refractivity contribution is -0.122. The number of hydrogen-bond acceptors (Lipinski definition) is 5. The average Bonchev–Trinajstić information content (AvgIpc) is 2.92. The molecule has 1 aromatic heterocycles. The van der Waals surface area contributed by atoms with Crippen molar-refractivity contribution in [2.45, 2.75) is 6.92 Å². The van der Waals surface area contributed by atoms with Crippen LogP contribution in [-0.2, 0) is 4.79 Å². The Morgan fingerprint density at radius 3 is 2.72 bits per heavy atom. The second-order valence-electron chi connectivity index (χ2n) is 5.15. The predicted molar refractivity (Wildman–Crippen MR) is 102 cm³/mol. The number of halogens is 1. The molecule has 0 N–H and O–H groups in total. The summed E-state index contributed by atoms with van der Waals surface area (Å²) in [6.07, 6.45) is 5.01. The van der Waals surface area contributed by atoms with Crippen LogP contribution in [0.15, 0.2) is 52.6 Å². The van der Waals surface area contributed by atoms with Gasteiger partial charge >= 0.3 is 0 Å². The SMILES string of the molecule is CCN1C(=O)/C(=C/c2ccc(OC)cc2)SC1=Nc1ccncc1Cl. The summed E-state index contributed by atoms with van der Waals surface area (Å²) in [5.74, 6) is 0.713. The molecule has 0 unspecified atom stereocenters. The maximum absolute atomic E-state index is 12.6. The molecule has 7 heteroatoms. The number of ether oxygens (including phenoxy) is 1. The number of amides is 1. The van der Waals surface area contributed by atoms with Gasteiger partial charge in [-0.2, -0.15) is 0 Å². The Hall–Kier alpha value is -2.31. The van der Waals surface area contributed by atoms with Crippen molar-refractivity contribution in [1.29, 1.82) is 0 Å². The Morgan fingerprint density at radius 2 is 2.08 bits per heavy atom. The van der Waals surface area contributed by atoms with Gasteiger partial charge in [0.2, 0.25) is 0 Å². The van der Waals surface area contributed by atoms with Gasteiger partial charge in [-0.1, -0.05) is 23.7 Å². The van der Waals surface area contributed by atoms with Crippen molar-refractivity contribution < 1.29 is 9.53 Å². The Labute approximate surface area is 155 Å². The van der Waals surface area contributed by atoms with Gasteiger partial charge in [-0.05, 0) is 48.5 Å². The number of aromatic nitrogens is 1. The van der Waals surface area contributed by atoms with E-state index < -0.39 is 0 Å². The fraction of sp³-hybridized carbons (Fsp3) is 0.167. The molecule has 5 nitrogen and oxygen atoms in total. The topological polar surface area (TPSA) is 54.8 Å². The van der Waals surface area contributed by atoms with E-state index in [-0.39, 0.29) is 5.91 Å². The highest BCUT2D eigenvalue weighted by Gasteiger charge is 2.32. The molecule has 0 saturated carbocycles. The highest BCUT2D eigenvalue weighted by Crippen LogP contribution is 2.35. The number of methoxy groups -OCH3 is 1. The molecule has 25 heavy (non-hydrogen) atoms. The molecule has 128 valence electrons. The van der Waals surface area contributed by atoms with Gasteiger partial charge in [0.15, 0.2) is 5.17 Å². The number of carbonyl (C=O) groups excluding carboxylic acids is 1. The minimum Gasteiger partial charge on any atom is -0.497 e. The number of hydrogen-bond donors (Lipinski definition) is 0. The van der Waals surface area contributed by atoms with Crippen LogP contribution in [0.1, 0.15) is 12.5 Å². The van der Waals surface area contributed by atoms with E-state index >= 15 is 0 Å². The Balaban J connectivity index is 1.91. The summed E-state index contributed by atoms with van der Waals surface area (Å²) in [6.45, 7) is 2.45. The first-order valence-corrected chi connectivity index (χ1v) is 8.85. The molecular formula is C18H16ClN3O2S.